The molecule has 1 heterocycles. The van der Waals surface area contributed by atoms with Crippen molar-refractivity contribution in [1.82, 2.24) is 9.97 Å². The van der Waals surface area contributed by atoms with Crippen LogP contribution in [0.1, 0.15) is 11.3 Å². The van der Waals surface area contributed by atoms with Gasteiger partial charge in [0.25, 0.3) is 0 Å². The molecule has 28 heavy (non-hydrogen) atoms. The van der Waals surface area contributed by atoms with Gasteiger partial charge in [0.15, 0.2) is 0 Å². The van der Waals surface area contributed by atoms with Gasteiger partial charge in [0.05, 0.1) is 12.1 Å². The number of aryl methyl sites for hydroxylation is 1. The lowest BCUT2D eigenvalue weighted by Crippen LogP contribution is -2.13. The highest BCUT2D eigenvalue weighted by molar-refractivity contribution is 5.55. The number of halogens is 3. The van der Waals surface area contributed by atoms with E-state index in [0.717, 1.165) is 23.6 Å². The minimum atomic E-state index is -4.36. The lowest BCUT2D eigenvalue weighted by molar-refractivity contribution is -0.137. The second kappa shape index (κ2) is 8.60. The summed E-state index contributed by atoms with van der Waals surface area (Å²) in [6.45, 7) is 2.80. The summed E-state index contributed by atoms with van der Waals surface area (Å²) in [6, 6.07) is 16.0. The van der Waals surface area contributed by atoms with E-state index in [1.165, 1.54) is 12.1 Å². The van der Waals surface area contributed by atoms with Crippen LogP contribution in [0, 0.1) is 6.92 Å². The van der Waals surface area contributed by atoms with Crippen molar-refractivity contribution >= 4 is 17.5 Å². The summed E-state index contributed by atoms with van der Waals surface area (Å²) < 4.78 is 43.5. The van der Waals surface area contributed by atoms with Gasteiger partial charge in [-0.05, 0) is 43.3 Å². The molecule has 0 aliphatic heterocycles. The SMILES string of the molecule is Cc1cc(NCCOc2ccccc2)nc(Nc2ccc(C(F)(F)F)cc2)n1. The Morgan fingerprint density at radius 1 is 0.964 bits per heavy atom. The number of hydrogen-bond donors (Lipinski definition) is 2. The van der Waals surface area contributed by atoms with Gasteiger partial charge in [-0.3, -0.25) is 0 Å². The predicted molar refractivity (Wildman–Crippen MR) is 102 cm³/mol. The van der Waals surface area contributed by atoms with E-state index in [1.54, 1.807) is 6.07 Å². The van der Waals surface area contributed by atoms with Crippen molar-refractivity contribution in [3.05, 3.63) is 71.9 Å². The van der Waals surface area contributed by atoms with Gasteiger partial charge in [-0.25, -0.2) is 4.98 Å². The van der Waals surface area contributed by atoms with E-state index in [-0.39, 0.29) is 0 Å². The number of ether oxygens (including phenoxy) is 1. The molecule has 0 amide bonds. The summed E-state index contributed by atoms with van der Waals surface area (Å²) in [5, 5.41) is 6.07. The van der Waals surface area contributed by atoms with Gasteiger partial charge in [0.1, 0.15) is 18.2 Å². The van der Waals surface area contributed by atoms with E-state index in [2.05, 4.69) is 20.6 Å². The Labute approximate surface area is 160 Å². The van der Waals surface area contributed by atoms with E-state index in [4.69, 9.17) is 4.74 Å². The monoisotopic (exact) mass is 388 g/mol. The predicted octanol–water partition coefficient (Wildman–Crippen LogP) is 5.04. The third kappa shape index (κ3) is 5.60. The molecule has 2 N–H and O–H groups in total. The fraction of sp³-hybridized carbons (Fsp3) is 0.200. The number of rotatable bonds is 7. The first-order chi connectivity index (χ1) is 13.4. The molecule has 0 fully saturated rings. The molecular weight excluding hydrogens is 369 g/mol. The zero-order valence-electron chi connectivity index (χ0n) is 15.1. The van der Waals surface area contributed by atoms with Crippen LogP contribution in [0.4, 0.5) is 30.6 Å². The molecule has 1 aromatic heterocycles. The van der Waals surface area contributed by atoms with Gasteiger partial charge >= 0.3 is 6.18 Å². The molecular formula is C20H19F3N4O. The van der Waals surface area contributed by atoms with Crippen molar-refractivity contribution in [3.63, 3.8) is 0 Å². The highest BCUT2D eigenvalue weighted by Gasteiger charge is 2.29. The van der Waals surface area contributed by atoms with Crippen LogP contribution in [0.3, 0.4) is 0 Å². The van der Waals surface area contributed by atoms with Crippen molar-refractivity contribution in [2.45, 2.75) is 13.1 Å². The van der Waals surface area contributed by atoms with Crippen LogP contribution in [-0.2, 0) is 6.18 Å². The van der Waals surface area contributed by atoms with Crippen LogP contribution < -0.4 is 15.4 Å². The van der Waals surface area contributed by atoms with Gasteiger partial charge in [-0.2, -0.15) is 18.2 Å². The number of para-hydroxylation sites is 1. The Bertz CT molecular complexity index is 900. The summed E-state index contributed by atoms with van der Waals surface area (Å²) in [6.07, 6.45) is -4.36. The van der Waals surface area contributed by atoms with E-state index >= 15 is 0 Å². The zero-order chi connectivity index (χ0) is 20.0. The first kappa shape index (κ1) is 19.5. The maximum atomic E-state index is 12.6. The summed E-state index contributed by atoms with van der Waals surface area (Å²) in [5.41, 5.74) is 0.483. The third-order valence-corrected chi connectivity index (χ3v) is 3.74. The second-order valence-corrected chi connectivity index (χ2v) is 6.01. The molecule has 0 aliphatic rings. The smallest absolute Gasteiger partial charge is 0.416 e. The topological polar surface area (TPSA) is 59.1 Å². The molecule has 0 spiro atoms. The molecule has 0 atom stereocenters. The third-order valence-electron chi connectivity index (χ3n) is 3.74. The molecule has 2 aromatic carbocycles. The molecule has 3 rings (SSSR count). The molecule has 0 unspecified atom stereocenters. The zero-order valence-corrected chi connectivity index (χ0v) is 15.1. The van der Waals surface area contributed by atoms with Gasteiger partial charge in [-0.15, -0.1) is 0 Å². The van der Waals surface area contributed by atoms with Crippen molar-refractivity contribution in [1.29, 1.82) is 0 Å². The lowest BCUT2D eigenvalue weighted by atomic mass is 10.2. The largest absolute Gasteiger partial charge is 0.492 e. The van der Waals surface area contributed by atoms with Crippen molar-refractivity contribution in [2.75, 3.05) is 23.8 Å². The average Bonchev–Trinajstić information content (AvgIpc) is 2.65. The van der Waals surface area contributed by atoms with Gasteiger partial charge in [0.2, 0.25) is 5.95 Å². The van der Waals surface area contributed by atoms with Crippen molar-refractivity contribution < 1.29 is 17.9 Å². The van der Waals surface area contributed by atoms with Crippen LogP contribution >= 0.6 is 0 Å². The van der Waals surface area contributed by atoms with E-state index in [0.29, 0.717) is 30.6 Å². The first-order valence-electron chi connectivity index (χ1n) is 8.62. The summed E-state index contributed by atoms with van der Waals surface area (Å²) in [4.78, 5) is 8.59. The number of hydrogen-bond acceptors (Lipinski definition) is 5. The molecule has 0 aliphatic carbocycles. The van der Waals surface area contributed by atoms with Crippen molar-refractivity contribution in [2.24, 2.45) is 0 Å². The van der Waals surface area contributed by atoms with Gasteiger partial charge < -0.3 is 15.4 Å². The standard InChI is InChI=1S/C20H19F3N4O/c1-14-13-18(24-11-12-28-17-5-3-2-4-6-17)27-19(25-14)26-16-9-7-15(8-10-16)20(21,22)23/h2-10,13H,11-12H2,1H3,(H2,24,25,26,27). The molecule has 8 heteroatoms. The number of nitrogens with one attached hydrogen (secondary N) is 2. The highest BCUT2D eigenvalue weighted by Crippen LogP contribution is 2.30. The Balaban J connectivity index is 1.58. The fourth-order valence-corrected chi connectivity index (χ4v) is 2.45. The minimum Gasteiger partial charge on any atom is -0.492 e. The highest BCUT2D eigenvalue weighted by atomic mass is 19.4. The Hall–Kier alpha value is -3.29. The maximum absolute atomic E-state index is 12.6. The molecule has 0 saturated carbocycles. The number of nitrogens with zero attached hydrogens (tertiary/aromatic N) is 2. The van der Waals surface area contributed by atoms with Crippen LogP contribution in [0.25, 0.3) is 0 Å². The maximum Gasteiger partial charge on any atom is 0.416 e. The number of aromatic nitrogens is 2. The summed E-state index contributed by atoms with van der Waals surface area (Å²) in [5.74, 6) is 1.68. The van der Waals surface area contributed by atoms with E-state index in [9.17, 15) is 13.2 Å². The van der Waals surface area contributed by atoms with Gasteiger partial charge in [-0.1, -0.05) is 18.2 Å². The Morgan fingerprint density at radius 3 is 2.36 bits per heavy atom. The lowest BCUT2D eigenvalue weighted by Gasteiger charge is -2.11. The minimum absolute atomic E-state index is 0.297. The molecule has 0 radical (unpaired) electrons. The van der Waals surface area contributed by atoms with E-state index < -0.39 is 11.7 Å². The second-order valence-electron chi connectivity index (χ2n) is 6.01. The number of anilines is 3. The van der Waals surface area contributed by atoms with Gasteiger partial charge in [0, 0.05) is 17.4 Å². The number of benzene rings is 2. The average molecular weight is 388 g/mol. The molecule has 3 aromatic rings. The first-order valence-corrected chi connectivity index (χ1v) is 8.62. The Morgan fingerprint density at radius 2 is 1.68 bits per heavy atom. The molecule has 0 saturated heterocycles. The van der Waals surface area contributed by atoms with Crippen LogP contribution in [0.5, 0.6) is 5.75 Å². The fourth-order valence-electron chi connectivity index (χ4n) is 2.45. The molecule has 0 bridgehead atoms. The number of alkyl halides is 3. The summed E-state index contributed by atoms with van der Waals surface area (Å²) in [7, 11) is 0. The van der Waals surface area contributed by atoms with Crippen molar-refractivity contribution in [3.8, 4) is 5.75 Å². The van der Waals surface area contributed by atoms with Crippen LogP contribution in [0.15, 0.2) is 60.7 Å². The normalized spacial score (nSPS) is 11.1. The Kier molecular flexibility index (Phi) is 5.98. The van der Waals surface area contributed by atoms with Crippen LogP contribution in [-0.4, -0.2) is 23.1 Å². The molecule has 146 valence electrons. The molecule has 5 nitrogen and oxygen atoms in total. The quantitative estimate of drug-likeness (QED) is 0.556. The summed E-state index contributed by atoms with van der Waals surface area (Å²) >= 11 is 0. The van der Waals surface area contributed by atoms with E-state index in [1.807, 2.05) is 37.3 Å². The van der Waals surface area contributed by atoms with Crippen LogP contribution in [0.2, 0.25) is 0 Å².